The Bertz CT molecular complexity index is 856. The van der Waals surface area contributed by atoms with Gasteiger partial charge in [0.1, 0.15) is 5.60 Å². The fourth-order valence-electron chi connectivity index (χ4n) is 8.98. The first-order valence-electron chi connectivity index (χ1n) is 13.8. The summed E-state index contributed by atoms with van der Waals surface area (Å²) < 4.78 is 0. The molecule has 0 bridgehead atoms. The molecule has 0 spiro atoms. The van der Waals surface area contributed by atoms with Crippen LogP contribution in [-0.4, -0.2) is 44.8 Å². The molecule has 4 nitrogen and oxygen atoms in total. The van der Waals surface area contributed by atoms with Crippen molar-refractivity contribution in [3.8, 4) is 0 Å². The quantitative estimate of drug-likeness (QED) is 0.416. The Morgan fingerprint density at radius 1 is 1.03 bits per heavy atom. The molecule has 0 aromatic heterocycles. The van der Waals surface area contributed by atoms with E-state index in [1.807, 2.05) is 0 Å². The lowest BCUT2D eigenvalue weighted by atomic mass is 9.44. The topological polar surface area (TPSA) is 80.9 Å². The van der Waals surface area contributed by atoms with Crippen LogP contribution in [0.5, 0.6) is 0 Å². The van der Waals surface area contributed by atoms with Gasteiger partial charge >= 0.3 is 0 Å². The van der Waals surface area contributed by atoms with Crippen LogP contribution in [0.4, 0.5) is 0 Å². The normalized spacial score (nSPS) is 44.6. The largest absolute Gasteiger partial charge is 0.393 e. The van der Waals surface area contributed by atoms with Crippen molar-refractivity contribution in [2.24, 2.45) is 39.4 Å². The van der Waals surface area contributed by atoms with Gasteiger partial charge in [0.15, 0.2) is 0 Å². The van der Waals surface area contributed by atoms with Crippen molar-refractivity contribution >= 4 is 0 Å². The van der Waals surface area contributed by atoms with Gasteiger partial charge in [0.2, 0.25) is 0 Å². The highest BCUT2D eigenvalue weighted by Crippen LogP contribution is 2.71. The first-order chi connectivity index (χ1) is 15.6. The van der Waals surface area contributed by atoms with Gasteiger partial charge in [0.25, 0.3) is 0 Å². The molecule has 4 rings (SSSR count). The van der Waals surface area contributed by atoms with E-state index in [-0.39, 0.29) is 27.8 Å². The van der Waals surface area contributed by atoms with Gasteiger partial charge in [-0.25, -0.2) is 0 Å². The third-order valence-electron chi connectivity index (χ3n) is 11.9. The number of fused-ring (bicyclic) bond motifs is 5. The van der Waals surface area contributed by atoms with E-state index in [2.05, 4.69) is 53.7 Å². The summed E-state index contributed by atoms with van der Waals surface area (Å²) in [5, 5.41) is 40.8. The maximum atomic E-state index is 10.8. The summed E-state index contributed by atoms with van der Waals surface area (Å²) >= 11 is 0. The number of hydrogen-bond donors (Lipinski definition) is 4. The molecule has 0 aromatic rings. The Morgan fingerprint density at radius 3 is 2.35 bits per heavy atom. The number of aliphatic hydroxyl groups is 4. The minimum absolute atomic E-state index is 0.0686. The highest BCUT2D eigenvalue weighted by molar-refractivity contribution is 5.49. The zero-order chi connectivity index (χ0) is 25.3. The molecule has 2 saturated carbocycles. The molecule has 0 aliphatic heterocycles. The fraction of sp³-hybridized carbons (Fsp3) is 0.867. The lowest BCUT2D eigenvalue weighted by Gasteiger charge is -2.61. The number of rotatable bonds is 6. The van der Waals surface area contributed by atoms with E-state index in [0.29, 0.717) is 24.2 Å². The summed E-state index contributed by atoms with van der Waals surface area (Å²) in [6.45, 7) is 15.4. The van der Waals surface area contributed by atoms with Crippen LogP contribution in [0.3, 0.4) is 0 Å². The molecule has 34 heavy (non-hydrogen) atoms. The summed E-state index contributed by atoms with van der Waals surface area (Å²) in [5.74, 6) is 1.49. The highest BCUT2D eigenvalue weighted by Gasteiger charge is 2.63. The van der Waals surface area contributed by atoms with Gasteiger partial charge in [-0.05, 0) is 109 Å². The molecule has 194 valence electrons. The van der Waals surface area contributed by atoms with Gasteiger partial charge in [-0.1, -0.05) is 53.7 Å². The first-order valence-corrected chi connectivity index (χ1v) is 13.8. The summed E-state index contributed by atoms with van der Waals surface area (Å²) in [5.41, 5.74) is 2.13. The van der Waals surface area contributed by atoms with Crippen molar-refractivity contribution in [2.75, 3.05) is 6.61 Å². The Hall–Kier alpha value is -0.680. The van der Waals surface area contributed by atoms with E-state index >= 15 is 0 Å². The number of aliphatic hydroxyl groups excluding tert-OH is 3. The van der Waals surface area contributed by atoms with Crippen molar-refractivity contribution < 1.29 is 20.4 Å². The van der Waals surface area contributed by atoms with E-state index in [1.54, 1.807) is 11.1 Å². The fourth-order valence-corrected chi connectivity index (χ4v) is 8.98. The third kappa shape index (κ3) is 3.61. The Balaban J connectivity index is 1.59. The van der Waals surface area contributed by atoms with Gasteiger partial charge in [0, 0.05) is 0 Å². The lowest BCUT2D eigenvalue weighted by molar-refractivity contribution is -0.0974. The minimum atomic E-state index is -1.43. The molecule has 4 aliphatic rings. The Labute approximate surface area is 207 Å². The summed E-state index contributed by atoms with van der Waals surface area (Å²) in [7, 11) is 0. The number of allylic oxidation sites excluding steroid dienone is 4. The standard InChI is InChI=1S/C30H50O4/c1-19(8-11-25(33)30(7,34)18-31)20-12-16-29(6)22-9-10-23-26(2,3)24(32)14-15-27(23,4)21(22)13-17-28(20,29)5/h9,13,19-20,23-25,31-34H,8,10-12,14-18H2,1-7H3. The van der Waals surface area contributed by atoms with Crippen molar-refractivity contribution in [1.29, 1.82) is 0 Å². The van der Waals surface area contributed by atoms with Crippen LogP contribution >= 0.6 is 0 Å². The van der Waals surface area contributed by atoms with Crippen LogP contribution in [0, 0.1) is 39.4 Å². The maximum Gasteiger partial charge on any atom is 0.111 e. The van der Waals surface area contributed by atoms with Crippen molar-refractivity contribution in [3.63, 3.8) is 0 Å². The maximum absolute atomic E-state index is 10.8. The molecule has 4 aliphatic carbocycles. The van der Waals surface area contributed by atoms with Crippen molar-refractivity contribution in [3.05, 3.63) is 23.3 Å². The second-order valence-electron chi connectivity index (χ2n) is 14.0. The molecule has 9 atom stereocenters. The van der Waals surface area contributed by atoms with Crippen LogP contribution in [0.25, 0.3) is 0 Å². The van der Waals surface area contributed by atoms with E-state index in [9.17, 15) is 20.4 Å². The van der Waals surface area contributed by atoms with Crippen molar-refractivity contribution in [1.82, 2.24) is 0 Å². The smallest absolute Gasteiger partial charge is 0.111 e. The first kappa shape index (κ1) is 26.4. The Kier molecular flexibility index (Phi) is 6.54. The average Bonchev–Trinajstić information content (AvgIpc) is 3.06. The van der Waals surface area contributed by atoms with Gasteiger partial charge in [-0.2, -0.15) is 0 Å². The molecule has 0 saturated heterocycles. The third-order valence-corrected chi connectivity index (χ3v) is 11.9. The SMILES string of the molecule is CC(CCC(O)C(C)(O)CO)C1CCC2(C)C3=CCC4C(C)(CCC(O)C4(C)C)C3=CCC12C. The molecule has 9 unspecified atom stereocenters. The molecule has 0 amide bonds. The van der Waals surface area contributed by atoms with Gasteiger partial charge in [-0.15, -0.1) is 0 Å². The summed E-state index contributed by atoms with van der Waals surface area (Å²) in [6, 6.07) is 0. The number of hydrogen-bond acceptors (Lipinski definition) is 4. The van der Waals surface area contributed by atoms with E-state index < -0.39 is 18.3 Å². The van der Waals surface area contributed by atoms with Gasteiger partial charge in [0.05, 0.1) is 18.8 Å². The highest BCUT2D eigenvalue weighted by atomic mass is 16.4. The zero-order valence-electron chi connectivity index (χ0n) is 22.7. The van der Waals surface area contributed by atoms with E-state index in [0.717, 1.165) is 32.1 Å². The molecule has 0 radical (unpaired) electrons. The molecule has 0 heterocycles. The summed E-state index contributed by atoms with van der Waals surface area (Å²) in [6.07, 6.45) is 11.9. The molecule has 4 N–H and O–H groups in total. The van der Waals surface area contributed by atoms with Crippen LogP contribution < -0.4 is 0 Å². The van der Waals surface area contributed by atoms with E-state index in [4.69, 9.17) is 0 Å². The molecule has 2 fully saturated rings. The Morgan fingerprint density at radius 2 is 1.71 bits per heavy atom. The van der Waals surface area contributed by atoms with Crippen LogP contribution in [0.15, 0.2) is 23.3 Å². The average molecular weight is 475 g/mol. The van der Waals surface area contributed by atoms with Crippen LogP contribution in [0.1, 0.15) is 99.8 Å². The molecular formula is C30H50O4. The lowest BCUT2D eigenvalue weighted by Crippen LogP contribution is -2.54. The van der Waals surface area contributed by atoms with Gasteiger partial charge in [-0.3, -0.25) is 0 Å². The van der Waals surface area contributed by atoms with Crippen LogP contribution in [0.2, 0.25) is 0 Å². The van der Waals surface area contributed by atoms with Crippen molar-refractivity contribution in [2.45, 2.75) is 118 Å². The minimum Gasteiger partial charge on any atom is -0.393 e. The van der Waals surface area contributed by atoms with Crippen LogP contribution in [-0.2, 0) is 0 Å². The molecule has 0 aromatic carbocycles. The zero-order valence-corrected chi connectivity index (χ0v) is 22.7. The summed E-state index contributed by atoms with van der Waals surface area (Å²) in [4.78, 5) is 0. The predicted molar refractivity (Wildman–Crippen MR) is 137 cm³/mol. The molecular weight excluding hydrogens is 424 g/mol. The van der Waals surface area contributed by atoms with Gasteiger partial charge < -0.3 is 20.4 Å². The molecule has 4 heteroatoms. The predicted octanol–water partition coefficient (Wildman–Crippen LogP) is 5.39. The monoisotopic (exact) mass is 474 g/mol. The second-order valence-corrected chi connectivity index (χ2v) is 14.0. The van der Waals surface area contributed by atoms with E-state index in [1.165, 1.54) is 19.8 Å². The second kappa shape index (κ2) is 8.43.